The number of methoxy groups -OCH3 is 2. The van der Waals surface area contributed by atoms with E-state index in [9.17, 15) is 4.79 Å². The van der Waals surface area contributed by atoms with E-state index in [0.717, 1.165) is 28.0 Å². The fourth-order valence-electron chi connectivity index (χ4n) is 3.89. The first-order chi connectivity index (χ1) is 14.6. The number of hydrogen-bond donors (Lipinski definition) is 0. The SMILES string of the molecule is COc1ccc(C(=O)C(c2ccccc2)c2cc(OC)cc3c2C(C)=CCO3)cc1. The third-order valence-corrected chi connectivity index (χ3v) is 5.45. The normalized spacial score (nSPS) is 13.5. The molecule has 0 spiro atoms. The number of carbonyl (C=O) groups excluding carboxylic acids is 1. The average molecular weight is 400 g/mol. The van der Waals surface area contributed by atoms with E-state index in [2.05, 4.69) is 6.92 Å². The van der Waals surface area contributed by atoms with Crippen LogP contribution in [0.2, 0.25) is 0 Å². The van der Waals surface area contributed by atoms with Gasteiger partial charge in [0.25, 0.3) is 0 Å². The van der Waals surface area contributed by atoms with Crippen LogP contribution in [-0.2, 0) is 0 Å². The zero-order valence-corrected chi connectivity index (χ0v) is 17.3. The summed E-state index contributed by atoms with van der Waals surface area (Å²) in [5.74, 6) is 1.65. The van der Waals surface area contributed by atoms with Gasteiger partial charge >= 0.3 is 0 Å². The Bertz CT molecular complexity index is 1080. The average Bonchev–Trinajstić information content (AvgIpc) is 2.79. The molecule has 1 aliphatic heterocycles. The maximum absolute atomic E-state index is 13.8. The van der Waals surface area contributed by atoms with Crippen molar-refractivity contribution in [2.75, 3.05) is 20.8 Å². The Morgan fingerprint density at radius 2 is 1.63 bits per heavy atom. The van der Waals surface area contributed by atoms with Crippen molar-refractivity contribution in [2.45, 2.75) is 12.8 Å². The first-order valence-electron chi connectivity index (χ1n) is 9.87. The molecule has 3 aromatic rings. The van der Waals surface area contributed by atoms with Crippen LogP contribution in [0.25, 0.3) is 5.57 Å². The lowest BCUT2D eigenvalue weighted by Crippen LogP contribution is -2.18. The van der Waals surface area contributed by atoms with Crippen LogP contribution < -0.4 is 14.2 Å². The number of carbonyl (C=O) groups is 1. The van der Waals surface area contributed by atoms with Crippen LogP contribution in [0.3, 0.4) is 0 Å². The summed E-state index contributed by atoms with van der Waals surface area (Å²) in [6, 6.07) is 20.9. The maximum Gasteiger partial charge on any atom is 0.174 e. The third-order valence-electron chi connectivity index (χ3n) is 5.45. The van der Waals surface area contributed by atoms with Gasteiger partial charge in [0, 0.05) is 17.2 Å². The lowest BCUT2D eigenvalue weighted by Gasteiger charge is -2.26. The first-order valence-corrected chi connectivity index (χ1v) is 9.87. The Kier molecular flexibility index (Phi) is 5.57. The van der Waals surface area contributed by atoms with E-state index in [-0.39, 0.29) is 5.78 Å². The monoisotopic (exact) mass is 400 g/mol. The Morgan fingerprint density at radius 3 is 2.30 bits per heavy atom. The molecule has 1 unspecified atom stereocenters. The van der Waals surface area contributed by atoms with Crippen LogP contribution in [-0.4, -0.2) is 26.6 Å². The maximum atomic E-state index is 13.8. The standard InChI is InChI=1S/C26H24O4/c1-17-13-14-30-23-16-21(29-3)15-22(24(17)23)25(18-7-5-4-6-8-18)26(27)19-9-11-20(28-2)12-10-19/h4-13,15-16,25H,14H2,1-3H3. The van der Waals surface area contributed by atoms with Gasteiger partial charge in [0.2, 0.25) is 0 Å². The minimum atomic E-state index is -0.492. The number of allylic oxidation sites excluding steroid dienone is 1. The number of ketones is 1. The van der Waals surface area contributed by atoms with Crippen LogP contribution in [0, 0.1) is 0 Å². The summed E-state index contributed by atoms with van der Waals surface area (Å²) in [5.41, 5.74) is 4.48. The van der Waals surface area contributed by atoms with Gasteiger partial charge in [0.05, 0.1) is 20.1 Å². The van der Waals surface area contributed by atoms with E-state index in [1.807, 2.05) is 72.8 Å². The van der Waals surface area contributed by atoms with Crippen LogP contribution in [0.4, 0.5) is 0 Å². The molecule has 4 rings (SSSR count). The van der Waals surface area contributed by atoms with Crippen LogP contribution in [0.5, 0.6) is 17.2 Å². The summed E-state index contributed by atoms with van der Waals surface area (Å²) in [7, 11) is 3.24. The molecule has 3 aromatic carbocycles. The summed E-state index contributed by atoms with van der Waals surface area (Å²) in [6.45, 7) is 2.56. The van der Waals surface area contributed by atoms with E-state index in [0.29, 0.717) is 23.7 Å². The summed E-state index contributed by atoms with van der Waals surface area (Å²) >= 11 is 0. The highest BCUT2D eigenvalue weighted by molar-refractivity contribution is 6.04. The van der Waals surface area contributed by atoms with E-state index >= 15 is 0 Å². The largest absolute Gasteiger partial charge is 0.497 e. The Morgan fingerprint density at radius 1 is 0.933 bits per heavy atom. The second-order valence-corrected chi connectivity index (χ2v) is 7.22. The lowest BCUT2D eigenvalue weighted by molar-refractivity contribution is 0.0973. The van der Waals surface area contributed by atoms with Gasteiger partial charge in [-0.25, -0.2) is 0 Å². The van der Waals surface area contributed by atoms with Crippen molar-refractivity contribution in [3.8, 4) is 17.2 Å². The Labute approximate surface area is 176 Å². The molecule has 152 valence electrons. The predicted octanol–water partition coefficient (Wildman–Crippen LogP) is 5.51. The lowest BCUT2D eigenvalue weighted by atomic mass is 9.80. The van der Waals surface area contributed by atoms with Crippen molar-refractivity contribution < 1.29 is 19.0 Å². The Balaban J connectivity index is 1.92. The summed E-state index contributed by atoms with van der Waals surface area (Å²) < 4.78 is 16.7. The second kappa shape index (κ2) is 8.46. The molecular weight excluding hydrogens is 376 g/mol. The molecule has 1 atom stereocenters. The molecule has 0 fully saturated rings. The number of ether oxygens (including phenoxy) is 3. The summed E-state index contributed by atoms with van der Waals surface area (Å²) in [4.78, 5) is 13.8. The molecule has 1 aliphatic rings. The smallest absolute Gasteiger partial charge is 0.174 e. The highest BCUT2D eigenvalue weighted by Gasteiger charge is 2.30. The molecule has 0 amide bonds. The van der Waals surface area contributed by atoms with E-state index in [1.165, 1.54) is 0 Å². The highest BCUT2D eigenvalue weighted by Crippen LogP contribution is 2.42. The summed E-state index contributed by atoms with van der Waals surface area (Å²) in [6.07, 6.45) is 2.04. The molecule has 4 nitrogen and oxygen atoms in total. The molecule has 0 aromatic heterocycles. The van der Waals surface area contributed by atoms with Crippen molar-refractivity contribution in [2.24, 2.45) is 0 Å². The number of rotatable bonds is 6. The molecule has 0 saturated heterocycles. The van der Waals surface area contributed by atoms with Crippen LogP contribution in [0.15, 0.2) is 72.8 Å². The topological polar surface area (TPSA) is 44.8 Å². The molecule has 0 radical (unpaired) electrons. The molecule has 0 N–H and O–H groups in total. The van der Waals surface area contributed by atoms with Gasteiger partial charge in [-0.15, -0.1) is 0 Å². The van der Waals surface area contributed by atoms with E-state index in [4.69, 9.17) is 14.2 Å². The predicted molar refractivity (Wildman–Crippen MR) is 118 cm³/mol. The molecule has 0 aliphatic carbocycles. The van der Waals surface area contributed by atoms with Gasteiger partial charge in [-0.2, -0.15) is 0 Å². The van der Waals surface area contributed by atoms with Gasteiger partial charge in [-0.05, 0) is 60.0 Å². The van der Waals surface area contributed by atoms with Gasteiger partial charge < -0.3 is 14.2 Å². The van der Waals surface area contributed by atoms with Crippen LogP contribution >= 0.6 is 0 Å². The van der Waals surface area contributed by atoms with Crippen LogP contribution in [0.1, 0.15) is 39.9 Å². The molecular formula is C26H24O4. The number of Topliss-reactive ketones (excluding diaryl/α,β-unsaturated/α-hetero) is 1. The fraction of sp³-hybridized carbons (Fsp3) is 0.192. The minimum absolute atomic E-state index is 0.0117. The number of benzene rings is 3. The van der Waals surface area contributed by atoms with Crippen molar-refractivity contribution >= 4 is 11.4 Å². The highest BCUT2D eigenvalue weighted by atomic mass is 16.5. The van der Waals surface area contributed by atoms with Gasteiger partial charge in [0.1, 0.15) is 23.9 Å². The number of hydrogen-bond acceptors (Lipinski definition) is 4. The van der Waals surface area contributed by atoms with Crippen molar-refractivity contribution in [3.05, 3.63) is 95.1 Å². The molecule has 1 heterocycles. The fourth-order valence-corrected chi connectivity index (χ4v) is 3.89. The second-order valence-electron chi connectivity index (χ2n) is 7.22. The molecule has 0 bridgehead atoms. The molecule has 4 heteroatoms. The molecule has 30 heavy (non-hydrogen) atoms. The quantitative estimate of drug-likeness (QED) is 0.512. The molecule has 0 saturated carbocycles. The van der Waals surface area contributed by atoms with Crippen molar-refractivity contribution in [1.82, 2.24) is 0 Å². The zero-order valence-electron chi connectivity index (χ0n) is 17.3. The van der Waals surface area contributed by atoms with Gasteiger partial charge in [0.15, 0.2) is 5.78 Å². The van der Waals surface area contributed by atoms with E-state index < -0.39 is 5.92 Å². The van der Waals surface area contributed by atoms with E-state index in [1.54, 1.807) is 14.2 Å². The Hall–Kier alpha value is -3.53. The first kappa shape index (κ1) is 19.8. The van der Waals surface area contributed by atoms with Crippen molar-refractivity contribution in [3.63, 3.8) is 0 Å². The minimum Gasteiger partial charge on any atom is -0.497 e. The zero-order chi connectivity index (χ0) is 21.1. The summed E-state index contributed by atoms with van der Waals surface area (Å²) in [5, 5.41) is 0. The van der Waals surface area contributed by atoms with Gasteiger partial charge in [-0.1, -0.05) is 30.3 Å². The number of fused-ring (bicyclic) bond motifs is 1. The third kappa shape index (κ3) is 3.69. The van der Waals surface area contributed by atoms with Gasteiger partial charge in [-0.3, -0.25) is 4.79 Å². The van der Waals surface area contributed by atoms with Crippen molar-refractivity contribution in [1.29, 1.82) is 0 Å².